The average molecular weight is 443 g/mol. The number of nitrogens with zero attached hydrogens (tertiary/aromatic N) is 5. The minimum atomic E-state index is -0.499. The summed E-state index contributed by atoms with van der Waals surface area (Å²) in [6, 6.07) is 15.9. The predicted octanol–water partition coefficient (Wildman–Crippen LogP) is 2.07. The molecule has 2 aromatic carbocycles. The predicted molar refractivity (Wildman–Crippen MR) is 117 cm³/mol. The van der Waals surface area contributed by atoms with Crippen molar-refractivity contribution in [1.82, 2.24) is 24.7 Å². The van der Waals surface area contributed by atoms with Crippen LogP contribution in [0.15, 0.2) is 60.8 Å². The fourth-order valence-corrected chi connectivity index (χ4v) is 4.27. The number of imide groups is 1. The highest BCUT2D eigenvalue weighted by Crippen LogP contribution is 2.24. The van der Waals surface area contributed by atoms with Gasteiger partial charge in [0.15, 0.2) is 0 Å². The van der Waals surface area contributed by atoms with Crippen LogP contribution in [0, 0.1) is 6.92 Å². The van der Waals surface area contributed by atoms with E-state index >= 15 is 0 Å². The Bertz CT molecular complexity index is 1250. The van der Waals surface area contributed by atoms with Crippen LogP contribution in [0.3, 0.4) is 0 Å². The lowest BCUT2D eigenvalue weighted by Gasteiger charge is -2.29. The van der Waals surface area contributed by atoms with E-state index in [1.807, 2.05) is 30.3 Å². The van der Waals surface area contributed by atoms with E-state index in [1.54, 1.807) is 35.9 Å². The monoisotopic (exact) mass is 443 g/mol. The molecule has 33 heavy (non-hydrogen) atoms. The molecule has 3 heterocycles. The van der Waals surface area contributed by atoms with Crippen LogP contribution >= 0.6 is 0 Å². The van der Waals surface area contributed by atoms with Gasteiger partial charge in [-0.25, -0.2) is 14.7 Å². The first-order valence-corrected chi connectivity index (χ1v) is 10.6. The number of para-hydroxylation sites is 1. The van der Waals surface area contributed by atoms with E-state index in [0.717, 1.165) is 10.6 Å². The van der Waals surface area contributed by atoms with Crippen molar-refractivity contribution in [3.05, 3.63) is 83.2 Å². The van der Waals surface area contributed by atoms with E-state index in [4.69, 9.17) is 0 Å². The van der Waals surface area contributed by atoms with Crippen molar-refractivity contribution in [1.29, 1.82) is 0 Å². The van der Waals surface area contributed by atoms with Crippen LogP contribution < -0.4 is 0 Å². The fraction of sp³-hybridized carbons (Fsp3) is 0.208. The smallest absolute Gasteiger partial charge is 0.271 e. The molecule has 1 saturated heterocycles. The number of carbonyl (C=O) groups excluding carboxylic acids is 4. The molecule has 3 aromatic rings. The summed E-state index contributed by atoms with van der Waals surface area (Å²) in [4.78, 5) is 52.5. The third kappa shape index (κ3) is 3.38. The zero-order valence-electron chi connectivity index (χ0n) is 18.0. The SMILES string of the molecule is Cc1c(C(=O)N2CCCN2C(=O)CN2C(=O)c3ccccc3C2=O)cnn1-c1ccccc1. The van der Waals surface area contributed by atoms with E-state index in [2.05, 4.69) is 5.10 Å². The van der Waals surface area contributed by atoms with Crippen LogP contribution in [0.2, 0.25) is 0 Å². The maximum absolute atomic E-state index is 13.3. The van der Waals surface area contributed by atoms with Gasteiger partial charge in [-0.1, -0.05) is 30.3 Å². The van der Waals surface area contributed by atoms with Gasteiger partial charge in [-0.3, -0.25) is 24.1 Å². The summed E-state index contributed by atoms with van der Waals surface area (Å²) in [5, 5.41) is 7.04. The van der Waals surface area contributed by atoms with Crippen LogP contribution in [-0.2, 0) is 4.79 Å². The summed E-state index contributed by atoms with van der Waals surface area (Å²) in [7, 11) is 0. The van der Waals surface area contributed by atoms with Crippen molar-refractivity contribution < 1.29 is 19.2 Å². The lowest BCUT2D eigenvalue weighted by atomic mass is 10.1. The Morgan fingerprint density at radius 1 is 0.879 bits per heavy atom. The minimum absolute atomic E-state index is 0.286. The van der Waals surface area contributed by atoms with E-state index in [1.165, 1.54) is 16.2 Å². The molecule has 1 fully saturated rings. The van der Waals surface area contributed by atoms with E-state index < -0.39 is 24.3 Å². The summed E-state index contributed by atoms with van der Waals surface area (Å²) >= 11 is 0. The van der Waals surface area contributed by atoms with Gasteiger partial charge in [0.1, 0.15) is 6.54 Å². The second kappa shape index (κ2) is 8.01. The van der Waals surface area contributed by atoms with Crippen LogP contribution in [0.5, 0.6) is 0 Å². The first-order chi connectivity index (χ1) is 16.0. The number of benzene rings is 2. The summed E-state index contributed by atoms with van der Waals surface area (Å²) in [6.45, 7) is 2.08. The molecule has 0 spiro atoms. The lowest BCUT2D eigenvalue weighted by Crippen LogP contribution is -2.49. The Morgan fingerprint density at radius 2 is 1.48 bits per heavy atom. The molecular formula is C24H21N5O4. The summed E-state index contributed by atoms with van der Waals surface area (Å²) < 4.78 is 1.67. The fourth-order valence-electron chi connectivity index (χ4n) is 4.27. The highest BCUT2D eigenvalue weighted by molar-refractivity contribution is 6.22. The molecule has 1 aromatic heterocycles. The van der Waals surface area contributed by atoms with Gasteiger partial charge < -0.3 is 0 Å². The highest BCUT2D eigenvalue weighted by Gasteiger charge is 2.39. The molecule has 0 aliphatic carbocycles. The van der Waals surface area contributed by atoms with Crippen molar-refractivity contribution in [2.45, 2.75) is 13.3 Å². The van der Waals surface area contributed by atoms with Gasteiger partial charge in [-0.2, -0.15) is 5.10 Å². The molecular weight excluding hydrogens is 422 g/mol. The van der Waals surface area contributed by atoms with E-state index in [-0.39, 0.29) is 17.0 Å². The number of hydrazine groups is 1. The molecule has 0 N–H and O–H groups in total. The first-order valence-electron chi connectivity index (χ1n) is 10.6. The summed E-state index contributed by atoms with van der Waals surface area (Å²) in [6.07, 6.45) is 2.10. The van der Waals surface area contributed by atoms with Crippen molar-refractivity contribution in [2.24, 2.45) is 0 Å². The van der Waals surface area contributed by atoms with Crippen molar-refractivity contribution in [3.63, 3.8) is 0 Å². The van der Waals surface area contributed by atoms with Crippen LogP contribution in [0.4, 0.5) is 0 Å². The maximum atomic E-state index is 13.3. The number of fused-ring (bicyclic) bond motifs is 1. The second-order valence-electron chi connectivity index (χ2n) is 7.93. The minimum Gasteiger partial charge on any atom is -0.271 e. The normalized spacial score (nSPS) is 15.4. The third-order valence-corrected chi connectivity index (χ3v) is 5.97. The largest absolute Gasteiger partial charge is 0.275 e. The summed E-state index contributed by atoms with van der Waals surface area (Å²) in [5.41, 5.74) is 2.45. The van der Waals surface area contributed by atoms with E-state index in [9.17, 15) is 19.2 Å². The van der Waals surface area contributed by atoms with Crippen LogP contribution in [0.1, 0.15) is 43.2 Å². The molecule has 0 saturated carbocycles. The number of rotatable bonds is 4. The zero-order chi connectivity index (χ0) is 23.1. The Hall–Kier alpha value is -4.27. The summed E-state index contributed by atoms with van der Waals surface area (Å²) in [5.74, 6) is -1.83. The third-order valence-electron chi connectivity index (χ3n) is 5.97. The van der Waals surface area contributed by atoms with Crippen molar-refractivity contribution >= 4 is 23.6 Å². The molecule has 0 atom stereocenters. The molecule has 0 unspecified atom stereocenters. The van der Waals surface area contributed by atoms with Gasteiger partial charge in [0.2, 0.25) is 0 Å². The second-order valence-corrected chi connectivity index (χ2v) is 7.93. The van der Waals surface area contributed by atoms with Gasteiger partial charge in [0, 0.05) is 13.1 Å². The Balaban J connectivity index is 1.34. The Morgan fingerprint density at radius 3 is 2.15 bits per heavy atom. The Labute approximate surface area is 189 Å². The number of hydrogen-bond acceptors (Lipinski definition) is 5. The first kappa shape index (κ1) is 20.6. The quantitative estimate of drug-likeness (QED) is 0.575. The van der Waals surface area contributed by atoms with Gasteiger partial charge in [0.05, 0.1) is 34.3 Å². The molecule has 0 bridgehead atoms. The van der Waals surface area contributed by atoms with Gasteiger partial charge in [-0.05, 0) is 37.6 Å². The number of amides is 4. The standard InChI is InChI=1S/C24H21N5O4/c1-16-20(14-25-29(16)17-8-3-2-4-9-17)24(33)28-13-7-12-27(28)21(30)15-26-22(31)18-10-5-6-11-19(18)23(26)32/h2-6,8-11,14H,7,12-13,15H2,1H3. The van der Waals surface area contributed by atoms with Crippen LogP contribution in [-0.4, -0.2) is 68.0 Å². The molecule has 2 aliphatic rings. The molecule has 0 radical (unpaired) electrons. The molecule has 4 amide bonds. The van der Waals surface area contributed by atoms with Gasteiger partial charge in [0.25, 0.3) is 23.6 Å². The zero-order valence-corrected chi connectivity index (χ0v) is 18.0. The molecule has 166 valence electrons. The number of hydrogen-bond donors (Lipinski definition) is 0. The molecule has 2 aliphatic heterocycles. The maximum Gasteiger partial charge on any atom is 0.275 e. The molecule has 5 rings (SSSR count). The molecule has 9 nitrogen and oxygen atoms in total. The van der Waals surface area contributed by atoms with E-state index in [0.29, 0.717) is 30.8 Å². The van der Waals surface area contributed by atoms with Crippen molar-refractivity contribution in [2.75, 3.05) is 19.6 Å². The lowest BCUT2D eigenvalue weighted by molar-refractivity contribution is -0.140. The Kier molecular flexibility index (Phi) is 5.01. The topological polar surface area (TPSA) is 95.8 Å². The molecule has 9 heteroatoms. The van der Waals surface area contributed by atoms with Gasteiger partial charge >= 0.3 is 0 Å². The average Bonchev–Trinajstić information content (AvgIpc) is 3.53. The number of carbonyl (C=O) groups is 4. The van der Waals surface area contributed by atoms with Crippen LogP contribution in [0.25, 0.3) is 5.69 Å². The van der Waals surface area contributed by atoms with Crippen molar-refractivity contribution in [3.8, 4) is 5.69 Å². The number of aromatic nitrogens is 2. The van der Waals surface area contributed by atoms with Gasteiger partial charge in [-0.15, -0.1) is 0 Å². The highest BCUT2D eigenvalue weighted by atomic mass is 16.2.